The van der Waals surface area contributed by atoms with Crippen LogP contribution in [0.1, 0.15) is 33.4 Å². The van der Waals surface area contributed by atoms with Crippen LogP contribution in [0.3, 0.4) is 0 Å². The van der Waals surface area contributed by atoms with Crippen molar-refractivity contribution in [1.29, 1.82) is 0 Å². The molecule has 0 aliphatic rings. The zero-order valence-electron chi connectivity index (χ0n) is 33.5. The van der Waals surface area contributed by atoms with Crippen molar-refractivity contribution in [2.45, 2.75) is 58.8 Å². The molecule has 0 aliphatic carbocycles. The van der Waals surface area contributed by atoms with Crippen LogP contribution in [0.15, 0.2) is 53.5 Å². The molecule has 16 heteroatoms. The Morgan fingerprint density at radius 2 is 1.88 bits per heavy atom. The average molecular weight is 820 g/mol. The first-order valence-electron chi connectivity index (χ1n) is 18.3. The third kappa shape index (κ3) is 11.5. The number of nitrogens with zero attached hydrogens (tertiary/aromatic N) is 7. The summed E-state index contributed by atoms with van der Waals surface area (Å²) in [5.74, 6) is 5.97. The second-order valence-corrected chi connectivity index (χ2v) is 22.2. The summed E-state index contributed by atoms with van der Waals surface area (Å²) < 4.78 is 41.1. The van der Waals surface area contributed by atoms with Gasteiger partial charge in [-0.15, -0.1) is 21.5 Å². The molecule has 2 aromatic carbocycles. The van der Waals surface area contributed by atoms with E-state index in [9.17, 15) is 9.18 Å². The van der Waals surface area contributed by atoms with E-state index in [4.69, 9.17) is 23.9 Å². The van der Waals surface area contributed by atoms with E-state index in [1.807, 2.05) is 51.2 Å². The normalized spacial score (nSPS) is 12.5. The molecular weight excluding hydrogens is 770 g/mol. The molecule has 0 saturated carbocycles. The molecule has 0 N–H and O–H groups in total. The Balaban J connectivity index is 1.34. The van der Waals surface area contributed by atoms with Crippen LogP contribution in [-0.4, -0.2) is 99.4 Å². The van der Waals surface area contributed by atoms with E-state index in [1.54, 1.807) is 42.4 Å². The van der Waals surface area contributed by atoms with Crippen LogP contribution in [0.25, 0.3) is 10.2 Å². The Hall–Kier alpha value is -4.50. The summed E-state index contributed by atoms with van der Waals surface area (Å²) in [5.41, 5.74) is 2.59. The molecule has 5 aromatic rings. The number of hydrogen-bond acceptors (Lipinski definition) is 13. The van der Waals surface area contributed by atoms with Gasteiger partial charge >= 0.3 is 5.97 Å². The summed E-state index contributed by atoms with van der Waals surface area (Å²) in [5, 5.41) is 9.53. The number of esters is 1. The number of carbonyl (C=O) groups is 1. The lowest BCUT2D eigenvalue weighted by Gasteiger charge is -2.16. The number of thiazole rings is 2. The minimum absolute atomic E-state index is 0.0322. The van der Waals surface area contributed by atoms with Gasteiger partial charge in [-0.05, 0) is 75.9 Å². The van der Waals surface area contributed by atoms with Crippen LogP contribution >= 0.6 is 22.7 Å². The molecule has 3 heterocycles. The zero-order valence-corrected chi connectivity index (χ0v) is 36.1. The smallest absolute Gasteiger partial charge is 0.358 e. The number of anilines is 2. The molecule has 3 aromatic heterocycles. The second-order valence-electron chi connectivity index (χ2n) is 14.6. The Morgan fingerprint density at radius 3 is 2.57 bits per heavy atom. The summed E-state index contributed by atoms with van der Waals surface area (Å²) in [6.07, 6.45) is -0.253. The highest BCUT2D eigenvalue weighted by molar-refractivity contribution is 7.16. The molecular formula is C40H50FN7O5S2Si. The average Bonchev–Trinajstić information content (AvgIpc) is 3.73. The first kappa shape index (κ1) is 42.6. The fraction of sp³-hybridized carbons (Fsp3) is 0.425. The molecule has 0 saturated heterocycles. The van der Waals surface area contributed by atoms with Crippen molar-refractivity contribution in [2.24, 2.45) is 4.99 Å². The third-order valence-corrected chi connectivity index (χ3v) is 12.4. The topological polar surface area (TPSA) is 116 Å². The van der Waals surface area contributed by atoms with E-state index in [1.165, 1.54) is 17.4 Å². The van der Waals surface area contributed by atoms with Gasteiger partial charge in [-0.3, -0.25) is 9.47 Å². The number of aryl methyl sites for hydroxylation is 1. The molecule has 1 atom stereocenters. The van der Waals surface area contributed by atoms with E-state index in [2.05, 4.69) is 63.4 Å². The molecule has 0 aliphatic heterocycles. The van der Waals surface area contributed by atoms with Crippen molar-refractivity contribution in [1.82, 2.24) is 24.6 Å². The fourth-order valence-corrected chi connectivity index (χ4v) is 8.13. The van der Waals surface area contributed by atoms with Crippen LogP contribution in [0, 0.1) is 24.6 Å². The predicted octanol–water partition coefficient (Wildman–Crippen LogP) is 7.44. The monoisotopic (exact) mass is 819 g/mol. The highest BCUT2D eigenvalue weighted by Gasteiger charge is 2.25. The van der Waals surface area contributed by atoms with Gasteiger partial charge in [0, 0.05) is 45.7 Å². The maximum absolute atomic E-state index is 14.9. The van der Waals surface area contributed by atoms with Crippen molar-refractivity contribution >= 4 is 63.7 Å². The third-order valence-electron chi connectivity index (χ3n) is 8.47. The number of carbonyl (C=O) groups excluding carboxylic acids is 1. The van der Waals surface area contributed by atoms with Gasteiger partial charge in [0.15, 0.2) is 38.8 Å². The first-order chi connectivity index (χ1) is 26.8. The molecule has 0 radical (unpaired) electrons. The molecule has 0 amide bonds. The molecule has 0 fully saturated rings. The summed E-state index contributed by atoms with van der Waals surface area (Å²) in [6, 6.07) is 15.8. The number of halogens is 1. The number of hydrogen-bond donors (Lipinski definition) is 0. The van der Waals surface area contributed by atoms with Crippen LogP contribution in [0.5, 0.6) is 5.75 Å². The molecule has 56 heavy (non-hydrogen) atoms. The van der Waals surface area contributed by atoms with Crippen LogP contribution in [-0.2, 0) is 27.4 Å². The van der Waals surface area contributed by atoms with Gasteiger partial charge in [0.25, 0.3) is 0 Å². The van der Waals surface area contributed by atoms with Gasteiger partial charge in [0.05, 0.1) is 29.5 Å². The van der Waals surface area contributed by atoms with Gasteiger partial charge in [-0.2, -0.15) is 4.99 Å². The van der Waals surface area contributed by atoms with Crippen molar-refractivity contribution in [2.75, 3.05) is 59.5 Å². The second kappa shape index (κ2) is 19.6. The minimum atomic E-state index is -1.23. The molecule has 298 valence electrons. The van der Waals surface area contributed by atoms with E-state index in [0.29, 0.717) is 47.1 Å². The van der Waals surface area contributed by atoms with E-state index >= 15 is 0 Å². The van der Waals surface area contributed by atoms with E-state index < -0.39 is 26.0 Å². The summed E-state index contributed by atoms with van der Waals surface area (Å²) in [7, 11) is 5.95. The SMILES string of the molecule is CCOC(=O)c1nc(N(C)c2cc(C)c(/N=c3\sc4ccccc4n3COCC[Si](C)(C)C)nn2)sc1CC(COc1ccc(C#CCN(C)C)cc1F)OC. The first-order valence-corrected chi connectivity index (χ1v) is 23.6. The van der Waals surface area contributed by atoms with Crippen LogP contribution in [0.2, 0.25) is 25.7 Å². The number of benzene rings is 2. The Morgan fingerprint density at radius 1 is 1.09 bits per heavy atom. The summed E-state index contributed by atoms with van der Waals surface area (Å²) in [4.78, 5) is 27.8. The van der Waals surface area contributed by atoms with Crippen molar-refractivity contribution in [3.63, 3.8) is 0 Å². The summed E-state index contributed by atoms with van der Waals surface area (Å²) >= 11 is 2.88. The largest absolute Gasteiger partial charge is 0.488 e. The van der Waals surface area contributed by atoms with Gasteiger partial charge < -0.3 is 23.8 Å². The zero-order chi connectivity index (χ0) is 40.4. The maximum Gasteiger partial charge on any atom is 0.358 e. The fourth-order valence-electron chi connectivity index (χ4n) is 5.27. The molecule has 0 bridgehead atoms. The number of rotatable bonds is 17. The predicted molar refractivity (Wildman–Crippen MR) is 224 cm³/mol. The van der Waals surface area contributed by atoms with Crippen LogP contribution in [0.4, 0.5) is 21.2 Å². The van der Waals surface area contributed by atoms with Crippen molar-refractivity contribution in [3.8, 4) is 17.6 Å². The number of ether oxygens (including phenoxy) is 4. The number of para-hydroxylation sites is 1. The van der Waals surface area contributed by atoms with Crippen molar-refractivity contribution in [3.05, 3.63) is 80.8 Å². The van der Waals surface area contributed by atoms with E-state index in [0.717, 1.165) is 26.6 Å². The quantitative estimate of drug-likeness (QED) is 0.0406. The molecule has 1 unspecified atom stereocenters. The highest BCUT2D eigenvalue weighted by Crippen LogP contribution is 2.33. The molecule has 12 nitrogen and oxygen atoms in total. The molecule has 0 spiro atoms. The number of fused-ring (bicyclic) bond motifs is 1. The highest BCUT2D eigenvalue weighted by atomic mass is 32.1. The van der Waals surface area contributed by atoms with Gasteiger partial charge in [-0.1, -0.05) is 55.0 Å². The lowest BCUT2D eigenvalue weighted by molar-refractivity contribution is 0.0503. The number of methoxy groups -OCH3 is 1. The Bertz CT molecular complexity index is 2260. The van der Waals surface area contributed by atoms with Gasteiger partial charge in [-0.25, -0.2) is 14.2 Å². The Kier molecular flexibility index (Phi) is 14.9. The standard InChI is InChI=1S/C40H50FN7O5S2Si/c1-10-52-38(49)36-34(24-29(50-6)25-53-32-18-17-28(23-30(32)41)14-13-19-46(3)4)55-39(42-36)47(5)35-22-27(2)37(45-44-35)43-40-48(26-51-20-21-56(7,8)9)31-15-11-12-16-33(31)54-40/h11-12,15-18,22-23,29H,10,19-21,24-26H2,1-9H3/b43-40-. The maximum atomic E-state index is 14.9. The molecule has 5 rings (SSSR count). The number of aromatic nitrogens is 4. The lowest BCUT2D eigenvalue weighted by Crippen LogP contribution is -2.24. The van der Waals surface area contributed by atoms with Crippen molar-refractivity contribution < 1.29 is 28.1 Å². The summed E-state index contributed by atoms with van der Waals surface area (Å²) in [6.45, 7) is 12.6. The van der Waals surface area contributed by atoms with Gasteiger partial charge in [0.1, 0.15) is 13.3 Å². The Labute approximate surface area is 336 Å². The minimum Gasteiger partial charge on any atom is -0.488 e. The van der Waals surface area contributed by atoms with E-state index in [-0.39, 0.29) is 31.1 Å². The van der Waals surface area contributed by atoms with Gasteiger partial charge in [0.2, 0.25) is 0 Å². The lowest BCUT2D eigenvalue weighted by atomic mass is 10.2. The van der Waals surface area contributed by atoms with Crippen LogP contribution < -0.4 is 14.4 Å².